The van der Waals surface area contributed by atoms with Crippen LogP contribution in [0.1, 0.15) is 12.0 Å². The summed E-state index contributed by atoms with van der Waals surface area (Å²) in [5.41, 5.74) is 1.03. The van der Waals surface area contributed by atoms with Crippen LogP contribution in [0.2, 0.25) is 5.02 Å². The van der Waals surface area contributed by atoms with Crippen molar-refractivity contribution in [3.8, 4) is 0 Å². The van der Waals surface area contributed by atoms with E-state index < -0.39 is 0 Å². The minimum absolute atomic E-state index is 0.156. The summed E-state index contributed by atoms with van der Waals surface area (Å²) in [7, 11) is 0. The van der Waals surface area contributed by atoms with Crippen LogP contribution in [0, 0.1) is 0 Å². The van der Waals surface area contributed by atoms with Crippen LogP contribution >= 0.6 is 24.2 Å². The van der Waals surface area contributed by atoms with E-state index in [4.69, 9.17) is 11.6 Å². The summed E-state index contributed by atoms with van der Waals surface area (Å²) in [5.74, 6) is 0.466. The fourth-order valence-corrected chi connectivity index (χ4v) is 1.44. The number of thiol groups is 1. The first-order valence-electron chi connectivity index (χ1n) is 4.10. The van der Waals surface area contributed by atoms with Gasteiger partial charge < -0.3 is 0 Å². The van der Waals surface area contributed by atoms with Gasteiger partial charge in [0.1, 0.15) is 5.78 Å². The van der Waals surface area contributed by atoms with Gasteiger partial charge in [-0.25, -0.2) is 0 Å². The summed E-state index contributed by atoms with van der Waals surface area (Å²) in [4.78, 5) is 11.0. The van der Waals surface area contributed by atoms with Crippen molar-refractivity contribution < 1.29 is 4.79 Å². The van der Waals surface area contributed by atoms with Gasteiger partial charge in [0.05, 0.1) is 0 Å². The first-order chi connectivity index (χ1) is 6.24. The highest BCUT2D eigenvalue weighted by molar-refractivity contribution is 7.81. The van der Waals surface area contributed by atoms with Gasteiger partial charge in [-0.1, -0.05) is 29.8 Å². The molecule has 13 heavy (non-hydrogen) atoms. The highest BCUT2D eigenvalue weighted by atomic mass is 35.5. The molecule has 1 nitrogen and oxygen atoms in total. The predicted octanol–water partition coefficient (Wildman–Crippen LogP) is 2.77. The molecule has 0 aliphatic carbocycles. The molecule has 0 saturated carbocycles. The van der Waals surface area contributed by atoms with Gasteiger partial charge in [0.25, 0.3) is 0 Å². The van der Waals surface area contributed by atoms with E-state index in [1.807, 2.05) is 24.3 Å². The van der Waals surface area contributed by atoms with E-state index in [9.17, 15) is 4.79 Å². The third-order valence-corrected chi connectivity index (χ3v) is 2.53. The quantitative estimate of drug-likeness (QED) is 0.763. The molecule has 0 saturated heterocycles. The van der Waals surface area contributed by atoms with Crippen molar-refractivity contribution in [3.05, 3.63) is 34.9 Å². The smallest absolute Gasteiger partial charge is 0.142 e. The zero-order valence-electron chi connectivity index (χ0n) is 7.16. The molecular formula is C10H11ClOS. The van der Waals surface area contributed by atoms with Crippen LogP contribution in [0.25, 0.3) is 0 Å². The normalized spacial score (nSPS) is 10.0. The van der Waals surface area contributed by atoms with Gasteiger partial charge in [-0.15, -0.1) is 0 Å². The number of carbonyl (C=O) groups is 1. The number of rotatable bonds is 4. The average Bonchev–Trinajstić information content (AvgIpc) is 2.16. The molecule has 0 heterocycles. The van der Waals surface area contributed by atoms with Crippen LogP contribution in [-0.4, -0.2) is 11.5 Å². The fourth-order valence-electron chi connectivity index (χ4n) is 1.05. The lowest BCUT2D eigenvalue weighted by atomic mass is 10.1. The number of Topliss-reactive ketones (excluding diaryl/α,β-unsaturated/α-hetero) is 1. The lowest BCUT2D eigenvalue weighted by Crippen LogP contribution is -2.01. The van der Waals surface area contributed by atoms with E-state index in [0.29, 0.717) is 18.6 Å². The second-order valence-electron chi connectivity index (χ2n) is 2.79. The predicted molar refractivity (Wildman–Crippen MR) is 58.6 cm³/mol. The van der Waals surface area contributed by atoms with Crippen LogP contribution in [-0.2, 0) is 11.2 Å². The monoisotopic (exact) mass is 214 g/mol. The van der Waals surface area contributed by atoms with Gasteiger partial charge in [0.15, 0.2) is 0 Å². The molecule has 0 fully saturated rings. The molecule has 1 rings (SSSR count). The van der Waals surface area contributed by atoms with Crippen molar-refractivity contribution in [2.24, 2.45) is 0 Å². The Morgan fingerprint density at radius 2 is 2.08 bits per heavy atom. The van der Waals surface area contributed by atoms with E-state index in [-0.39, 0.29) is 5.78 Å². The summed E-state index contributed by atoms with van der Waals surface area (Å²) < 4.78 is 0. The lowest BCUT2D eigenvalue weighted by molar-refractivity contribution is -0.116. The number of benzene rings is 1. The van der Waals surface area contributed by atoms with Crippen LogP contribution < -0.4 is 0 Å². The molecule has 0 aromatic heterocycles. The van der Waals surface area contributed by atoms with E-state index in [1.54, 1.807) is 0 Å². The summed E-state index contributed by atoms with van der Waals surface area (Å²) in [6.07, 6.45) is 1.23. The molecule has 1 aromatic carbocycles. The van der Waals surface area contributed by atoms with Gasteiger partial charge in [0.2, 0.25) is 0 Å². The molecule has 0 amide bonds. The van der Waals surface area contributed by atoms with E-state index in [0.717, 1.165) is 10.6 Å². The standard InChI is InChI=1S/C10H11ClOS/c11-10-4-2-1-3-8(10)5-6-9(12)7-13/h1-4,13H,5-7H2. The number of carbonyl (C=O) groups excluding carboxylic acids is 1. The molecule has 0 atom stereocenters. The highest BCUT2D eigenvalue weighted by Crippen LogP contribution is 2.16. The van der Waals surface area contributed by atoms with Crippen LogP contribution in [0.5, 0.6) is 0 Å². The molecule has 0 aliphatic heterocycles. The van der Waals surface area contributed by atoms with Crippen LogP contribution in [0.15, 0.2) is 24.3 Å². The number of hydrogen-bond donors (Lipinski definition) is 1. The van der Waals surface area contributed by atoms with Crippen molar-refractivity contribution in [1.29, 1.82) is 0 Å². The summed E-state index contributed by atoms with van der Waals surface area (Å²) in [6, 6.07) is 7.58. The second kappa shape index (κ2) is 5.30. The summed E-state index contributed by atoms with van der Waals surface area (Å²) >= 11 is 9.83. The third kappa shape index (κ3) is 3.41. The lowest BCUT2D eigenvalue weighted by Gasteiger charge is -2.01. The Morgan fingerprint density at radius 1 is 1.38 bits per heavy atom. The maximum Gasteiger partial charge on any atom is 0.142 e. The van der Waals surface area contributed by atoms with Gasteiger partial charge in [-0.05, 0) is 18.1 Å². The van der Waals surface area contributed by atoms with Crippen LogP contribution in [0.4, 0.5) is 0 Å². The zero-order valence-corrected chi connectivity index (χ0v) is 8.81. The Morgan fingerprint density at radius 3 is 2.69 bits per heavy atom. The second-order valence-corrected chi connectivity index (χ2v) is 3.51. The van der Waals surface area contributed by atoms with E-state index in [1.165, 1.54) is 0 Å². The molecule has 0 bridgehead atoms. The molecule has 0 unspecified atom stereocenters. The van der Waals surface area contributed by atoms with Crippen molar-refractivity contribution in [3.63, 3.8) is 0 Å². The third-order valence-electron chi connectivity index (χ3n) is 1.81. The van der Waals surface area contributed by atoms with Crippen molar-refractivity contribution in [2.45, 2.75) is 12.8 Å². The molecule has 70 valence electrons. The molecule has 3 heteroatoms. The Hall–Kier alpha value is -0.470. The van der Waals surface area contributed by atoms with Crippen LogP contribution in [0.3, 0.4) is 0 Å². The number of hydrogen-bond acceptors (Lipinski definition) is 2. The maximum atomic E-state index is 11.0. The minimum atomic E-state index is 0.156. The van der Waals surface area contributed by atoms with Crippen molar-refractivity contribution in [1.82, 2.24) is 0 Å². The Labute approximate surface area is 88.5 Å². The number of ketones is 1. The summed E-state index contributed by atoms with van der Waals surface area (Å²) in [5, 5.41) is 0.731. The average molecular weight is 215 g/mol. The number of halogens is 1. The topological polar surface area (TPSA) is 17.1 Å². The zero-order chi connectivity index (χ0) is 9.68. The van der Waals surface area contributed by atoms with Crippen molar-refractivity contribution >= 4 is 30.0 Å². The number of aryl methyl sites for hydroxylation is 1. The van der Waals surface area contributed by atoms with Gasteiger partial charge >= 0.3 is 0 Å². The Bertz CT molecular complexity index is 299. The van der Waals surface area contributed by atoms with E-state index >= 15 is 0 Å². The SMILES string of the molecule is O=C(CS)CCc1ccccc1Cl. The molecular weight excluding hydrogens is 204 g/mol. The van der Waals surface area contributed by atoms with Gasteiger partial charge in [-0.3, -0.25) is 4.79 Å². The summed E-state index contributed by atoms with van der Waals surface area (Å²) in [6.45, 7) is 0. The highest BCUT2D eigenvalue weighted by Gasteiger charge is 2.02. The minimum Gasteiger partial charge on any atom is -0.299 e. The molecule has 0 aliphatic rings. The largest absolute Gasteiger partial charge is 0.299 e. The maximum absolute atomic E-state index is 11.0. The molecule has 0 radical (unpaired) electrons. The van der Waals surface area contributed by atoms with Crippen molar-refractivity contribution in [2.75, 3.05) is 5.75 Å². The van der Waals surface area contributed by atoms with Gasteiger partial charge in [0, 0.05) is 17.2 Å². The molecule has 1 aromatic rings. The van der Waals surface area contributed by atoms with Gasteiger partial charge in [-0.2, -0.15) is 12.6 Å². The Balaban J connectivity index is 2.54. The first-order valence-corrected chi connectivity index (χ1v) is 5.11. The first kappa shape index (κ1) is 10.6. The van der Waals surface area contributed by atoms with E-state index in [2.05, 4.69) is 12.6 Å². The molecule has 0 N–H and O–H groups in total. The Kier molecular flexibility index (Phi) is 4.33. The fraction of sp³-hybridized carbons (Fsp3) is 0.300. The molecule has 0 spiro atoms.